The first kappa shape index (κ1) is 68.1. The van der Waals surface area contributed by atoms with Crippen molar-refractivity contribution in [2.45, 2.75) is 288 Å². The average Bonchev–Trinajstić information content (AvgIpc) is 3.37. The summed E-state index contributed by atoms with van der Waals surface area (Å²) in [5, 5.41) is 50.4. The number of ether oxygens (including phenoxy) is 2. The molecule has 12 nitrogen and oxygen atoms in total. The predicted molar refractivity (Wildman–Crippen MR) is 295 cm³/mol. The number of carbonyl (C=O) groups is 1. The summed E-state index contributed by atoms with van der Waals surface area (Å²) in [6, 6.07) is 0. The predicted octanol–water partition coefficient (Wildman–Crippen LogP) is 14.1. The largest absolute Gasteiger partial charge is 0.472 e. The molecule has 13 heteroatoms. The topological polar surface area (TPSA) is 192 Å². The Morgan fingerprint density at radius 3 is 1.18 bits per heavy atom. The van der Waals surface area contributed by atoms with E-state index in [0.29, 0.717) is 13.0 Å². The van der Waals surface area contributed by atoms with Crippen molar-refractivity contribution in [1.29, 1.82) is 0 Å². The second-order valence-corrected chi connectivity index (χ2v) is 21.5. The molecule has 1 aliphatic carbocycles. The van der Waals surface area contributed by atoms with E-state index >= 15 is 0 Å². The van der Waals surface area contributed by atoms with Crippen molar-refractivity contribution in [1.82, 2.24) is 0 Å². The first-order valence-electron chi connectivity index (χ1n) is 29.1. The molecule has 6 atom stereocenters. The standard InChI is InChI=1S/C59H107O12P/c1-3-5-7-9-11-13-15-17-19-21-23-25-27-28-30-32-34-36-38-40-42-44-46-48-53(60)70-52(51-69-72(66,67)71-59-57(64)55(62)54(61)56(63)58(59)65)50-68-49-47-45-43-41-39-37-35-33-31-29-26-24-22-20-18-16-14-12-10-8-6-4-2/h15-18,21-24,27-28,52,54-59,61-65H,3-14,19-20,25-26,29-51H2,1-2H3,(H,66,67)/b17-15-,18-16-,23-21-,24-22-,28-27-. The molecule has 0 amide bonds. The highest BCUT2D eigenvalue weighted by Crippen LogP contribution is 2.47. The number of phosphoric ester groups is 1. The van der Waals surface area contributed by atoms with Gasteiger partial charge in [0.25, 0.3) is 0 Å². The summed E-state index contributed by atoms with van der Waals surface area (Å²) < 4.78 is 34.4. The van der Waals surface area contributed by atoms with Gasteiger partial charge in [-0.2, -0.15) is 0 Å². The Labute approximate surface area is 438 Å². The lowest BCUT2D eigenvalue weighted by Crippen LogP contribution is -2.64. The minimum absolute atomic E-state index is 0.0831. The molecule has 6 unspecified atom stereocenters. The van der Waals surface area contributed by atoms with E-state index in [1.165, 1.54) is 141 Å². The van der Waals surface area contributed by atoms with E-state index in [0.717, 1.165) is 77.0 Å². The van der Waals surface area contributed by atoms with Crippen LogP contribution in [0.5, 0.6) is 0 Å². The smallest absolute Gasteiger partial charge is 0.457 e. The molecule has 0 aromatic rings. The van der Waals surface area contributed by atoms with E-state index in [2.05, 4.69) is 74.6 Å². The molecule has 6 N–H and O–H groups in total. The monoisotopic (exact) mass is 1040 g/mol. The zero-order valence-corrected chi connectivity index (χ0v) is 46.4. The SMILES string of the molecule is CCCCCCC/C=C\C/C=C\C/C=C\CCCCCCCCCCC(=O)OC(COCCCCCCCCCCCC/C=C\C/C=C\CCCCCCC)COP(=O)(O)OC1C(O)C(O)C(O)C(O)C1O. The highest BCUT2D eigenvalue weighted by Gasteiger charge is 2.51. The second-order valence-electron chi connectivity index (χ2n) is 20.1. The van der Waals surface area contributed by atoms with Crippen LogP contribution in [0.2, 0.25) is 0 Å². The molecule has 0 spiro atoms. The zero-order chi connectivity index (χ0) is 52.6. The maximum atomic E-state index is 12.9. The Morgan fingerprint density at radius 1 is 0.444 bits per heavy atom. The number of hydrogen-bond donors (Lipinski definition) is 6. The van der Waals surface area contributed by atoms with Gasteiger partial charge in [0, 0.05) is 13.0 Å². The first-order chi connectivity index (χ1) is 35.0. The first-order valence-corrected chi connectivity index (χ1v) is 30.6. The average molecular weight is 1040 g/mol. The summed E-state index contributed by atoms with van der Waals surface area (Å²) in [6.45, 7) is 4.26. The Bertz CT molecular complexity index is 1420. The molecule has 0 heterocycles. The number of phosphoric acid groups is 1. The number of hydrogen-bond acceptors (Lipinski definition) is 11. The fourth-order valence-electron chi connectivity index (χ4n) is 8.75. The Balaban J connectivity index is 2.30. The van der Waals surface area contributed by atoms with Crippen LogP contribution in [0.3, 0.4) is 0 Å². The lowest BCUT2D eigenvalue weighted by Gasteiger charge is -2.41. The van der Waals surface area contributed by atoms with Crippen LogP contribution >= 0.6 is 7.82 Å². The van der Waals surface area contributed by atoms with Crippen molar-refractivity contribution < 1.29 is 58.3 Å². The van der Waals surface area contributed by atoms with Crippen molar-refractivity contribution in [2.24, 2.45) is 0 Å². The zero-order valence-electron chi connectivity index (χ0n) is 45.5. The lowest BCUT2D eigenvalue weighted by molar-refractivity contribution is -0.220. The van der Waals surface area contributed by atoms with Gasteiger partial charge in [0.15, 0.2) is 0 Å². The summed E-state index contributed by atoms with van der Waals surface area (Å²) in [6.07, 6.45) is 51.4. The van der Waals surface area contributed by atoms with Crippen LogP contribution in [0.1, 0.15) is 245 Å². The van der Waals surface area contributed by atoms with Gasteiger partial charge in [-0.05, 0) is 83.5 Å². The van der Waals surface area contributed by atoms with Gasteiger partial charge in [0.1, 0.15) is 42.7 Å². The molecule has 0 bridgehead atoms. The van der Waals surface area contributed by atoms with E-state index in [1.807, 2.05) is 0 Å². The van der Waals surface area contributed by atoms with Gasteiger partial charge >= 0.3 is 13.8 Å². The van der Waals surface area contributed by atoms with Gasteiger partial charge in [-0.15, -0.1) is 0 Å². The van der Waals surface area contributed by atoms with Crippen molar-refractivity contribution in [2.75, 3.05) is 19.8 Å². The Morgan fingerprint density at radius 2 is 0.778 bits per heavy atom. The van der Waals surface area contributed by atoms with Crippen molar-refractivity contribution in [3.05, 3.63) is 60.8 Å². The molecular weight excluding hydrogens is 932 g/mol. The summed E-state index contributed by atoms with van der Waals surface area (Å²) in [7, 11) is -5.03. The third-order valence-corrected chi connectivity index (χ3v) is 14.3. The fourth-order valence-corrected chi connectivity index (χ4v) is 9.72. The number of carbonyl (C=O) groups excluding carboxylic acids is 1. The maximum absolute atomic E-state index is 12.9. The highest BCUT2D eigenvalue weighted by molar-refractivity contribution is 7.47. The molecule has 420 valence electrons. The molecule has 0 radical (unpaired) electrons. The van der Waals surface area contributed by atoms with Crippen LogP contribution in [0.4, 0.5) is 0 Å². The molecule has 0 aliphatic heterocycles. The quantitative estimate of drug-likeness (QED) is 0.0146. The minimum atomic E-state index is -5.03. The van der Waals surface area contributed by atoms with Crippen LogP contribution in [0, 0.1) is 0 Å². The van der Waals surface area contributed by atoms with Crippen molar-refractivity contribution >= 4 is 13.8 Å². The van der Waals surface area contributed by atoms with Crippen LogP contribution in [0.25, 0.3) is 0 Å². The number of aliphatic hydroxyl groups excluding tert-OH is 5. The summed E-state index contributed by atoms with van der Waals surface area (Å²) in [4.78, 5) is 23.3. The number of allylic oxidation sites excluding steroid dienone is 10. The van der Waals surface area contributed by atoms with Crippen LogP contribution in [-0.2, 0) is 27.9 Å². The summed E-state index contributed by atoms with van der Waals surface area (Å²) in [5.41, 5.74) is 0. The fraction of sp³-hybridized carbons (Fsp3) is 0.814. The lowest BCUT2D eigenvalue weighted by atomic mass is 9.85. The van der Waals surface area contributed by atoms with Crippen LogP contribution < -0.4 is 0 Å². The molecule has 1 saturated carbocycles. The van der Waals surface area contributed by atoms with Gasteiger partial charge in [-0.1, -0.05) is 216 Å². The molecular formula is C59H107O12P. The van der Waals surface area contributed by atoms with Gasteiger partial charge in [-0.3, -0.25) is 13.8 Å². The number of rotatable bonds is 50. The van der Waals surface area contributed by atoms with E-state index in [9.17, 15) is 39.8 Å². The van der Waals surface area contributed by atoms with Gasteiger partial charge in [0.05, 0.1) is 13.2 Å². The summed E-state index contributed by atoms with van der Waals surface area (Å²) in [5.74, 6) is -0.484. The van der Waals surface area contributed by atoms with E-state index < -0.39 is 63.1 Å². The van der Waals surface area contributed by atoms with Crippen LogP contribution in [0.15, 0.2) is 60.8 Å². The maximum Gasteiger partial charge on any atom is 0.472 e. The minimum Gasteiger partial charge on any atom is -0.457 e. The third kappa shape index (κ3) is 39.5. The normalized spacial score (nSPS) is 21.1. The molecule has 0 aromatic heterocycles. The third-order valence-electron chi connectivity index (χ3n) is 13.4. The van der Waals surface area contributed by atoms with E-state index in [4.69, 9.17) is 18.5 Å². The van der Waals surface area contributed by atoms with Gasteiger partial charge in [-0.25, -0.2) is 4.57 Å². The molecule has 1 aliphatic rings. The van der Waals surface area contributed by atoms with Crippen LogP contribution in [-0.4, -0.2) is 98.9 Å². The van der Waals surface area contributed by atoms with E-state index in [-0.39, 0.29) is 13.0 Å². The van der Waals surface area contributed by atoms with Crippen molar-refractivity contribution in [3.8, 4) is 0 Å². The molecule has 0 saturated heterocycles. The summed E-state index contributed by atoms with van der Waals surface area (Å²) >= 11 is 0. The van der Waals surface area contributed by atoms with E-state index in [1.54, 1.807) is 0 Å². The highest BCUT2D eigenvalue weighted by atomic mass is 31.2. The Hall–Kier alpha value is -1.96. The number of aliphatic hydroxyl groups is 5. The molecule has 0 aromatic carbocycles. The van der Waals surface area contributed by atoms with Gasteiger partial charge in [0.2, 0.25) is 0 Å². The molecule has 1 fully saturated rings. The molecule has 72 heavy (non-hydrogen) atoms. The number of esters is 1. The van der Waals surface area contributed by atoms with Gasteiger partial charge < -0.3 is 39.9 Å². The Kier molecular flexibility index (Phi) is 46.0. The second kappa shape index (κ2) is 48.7. The van der Waals surface area contributed by atoms with Crippen molar-refractivity contribution in [3.63, 3.8) is 0 Å². The molecule has 1 rings (SSSR count). The number of unbranched alkanes of at least 4 members (excludes halogenated alkanes) is 28.